The number of ether oxygens (including phenoxy) is 1. The van der Waals surface area contributed by atoms with Crippen molar-refractivity contribution in [1.29, 1.82) is 0 Å². The minimum atomic E-state index is -0.926. The van der Waals surface area contributed by atoms with E-state index < -0.39 is 5.97 Å². The Hall–Kier alpha value is -2.82. The van der Waals surface area contributed by atoms with Gasteiger partial charge in [0.2, 0.25) is 0 Å². The van der Waals surface area contributed by atoms with Crippen molar-refractivity contribution >= 4 is 17.0 Å². The van der Waals surface area contributed by atoms with Crippen molar-refractivity contribution in [1.82, 2.24) is 9.97 Å². The molecule has 0 saturated carbocycles. The molecular weight excluding hydrogens is 484 g/mol. The highest BCUT2D eigenvalue weighted by atomic mass is 16.5. The summed E-state index contributed by atoms with van der Waals surface area (Å²) in [6.07, 6.45) is 23.7. The Morgan fingerprint density at radius 1 is 0.744 bits per heavy atom. The summed E-state index contributed by atoms with van der Waals surface area (Å²) in [7, 11) is 0. The number of carbonyl (C=O) groups is 1. The molecule has 0 radical (unpaired) electrons. The van der Waals surface area contributed by atoms with Gasteiger partial charge >= 0.3 is 5.97 Å². The molecule has 0 amide bonds. The van der Waals surface area contributed by atoms with Crippen molar-refractivity contribution in [2.24, 2.45) is 0 Å². The molecule has 1 aromatic heterocycles. The molecule has 0 fully saturated rings. The summed E-state index contributed by atoms with van der Waals surface area (Å²) >= 11 is 0. The normalized spacial score (nSPS) is 11.3. The molecule has 0 aliphatic carbocycles. The molecule has 0 atom stereocenters. The summed E-state index contributed by atoms with van der Waals surface area (Å²) in [5.74, 6) is 0.881. The van der Waals surface area contributed by atoms with Gasteiger partial charge < -0.3 is 14.8 Å². The van der Waals surface area contributed by atoms with Gasteiger partial charge in [-0.05, 0) is 48.7 Å². The van der Waals surface area contributed by atoms with Crippen LogP contribution in [-0.4, -0.2) is 27.7 Å². The number of unbranched alkanes of at least 4 members (excludes halogenated alkanes) is 15. The van der Waals surface area contributed by atoms with Crippen molar-refractivity contribution < 1.29 is 14.6 Å². The summed E-state index contributed by atoms with van der Waals surface area (Å²) < 4.78 is 5.95. The standard InChI is InChI=1S/C34H50N2O3/c1-2-3-4-5-6-7-8-9-10-11-12-13-14-15-16-17-26-39-30-22-18-28(19-23-30)20-25-33-35-31-24-21-29(34(37)38)27-32(31)36-33/h18-19,21-24,27H,2-17,20,25-26H2,1H3,(H,35,36)(H,37,38). The second-order valence-corrected chi connectivity index (χ2v) is 11.0. The number of nitrogens with one attached hydrogen (secondary N) is 1. The highest BCUT2D eigenvalue weighted by molar-refractivity contribution is 5.92. The van der Waals surface area contributed by atoms with Crippen molar-refractivity contribution in [2.75, 3.05) is 6.61 Å². The number of hydrogen-bond acceptors (Lipinski definition) is 3. The van der Waals surface area contributed by atoms with Gasteiger partial charge in [-0.1, -0.05) is 115 Å². The number of carboxylic acid groups (broad SMARTS) is 1. The van der Waals surface area contributed by atoms with Crippen LogP contribution < -0.4 is 4.74 Å². The van der Waals surface area contributed by atoms with E-state index in [4.69, 9.17) is 9.84 Å². The van der Waals surface area contributed by atoms with E-state index >= 15 is 0 Å². The smallest absolute Gasteiger partial charge is 0.335 e. The maximum absolute atomic E-state index is 11.2. The van der Waals surface area contributed by atoms with Gasteiger partial charge in [-0.25, -0.2) is 9.78 Å². The Kier molecular flexibility index (Phi) is 14.5. The van der Waals surface area contributed by atoms with Gasteiger partial charge in [0, 0.05) is 6.42 Å². The number of aromatic amines is 1. The molecule has 214 valence electrons. The lowest BCUT2D eigenvalue weighted by Gasteiger charge is -2.07. The lowest BCUT2D eigenvalue weighted by Crippen LogP contribution is -1.98. The van der Waals surface area contributed by atoms with Gasteiger partial charge in [0.25, 0.3) is 0 Å². The molecule has 2 aromatic carbocycles. The number of benzene rings is 2. The molecular formula is C34H50N2O3. The van der Waals surface area contributed by atoms with E-state index in [2.05, 4.69) is 41.2 Å². The Bertz CT molecular complexity index is 1070. The molecule has 5 nitrogen and oxygen atoms in total. The fourth-order valence-corrected chi connectivity index (χ4v) is 5.17. The molecule has 1 heterocycles. The van der Waals surface area contributed by atoms with Crippen LogP contribution in [0.2, 0.25) is 0 Å². The van der Waals surface area contributed by atoms with Crippen LogP contribution in [0.5, 0.6) is 5.75 Å². The average molecular weight is 535 g/mol. The lowest BCUT2D eigenvalue weighted by molar-refractivity contribution is 0.0697. The maximum Gasteiger partial charge on any atom is 0.335 e. The first-order valence-corrected chi connectivity index (χ1v) is 15.6. The zero-order valence-corrected chi connectivity index (χ0v) is 24.2. The van der Waals surface area contributed by atoms with Gasteiger partial charge in [-0.3, -0.25) is 0 Å². The first kappa shape index (κ1) is 30.7. The summed E-state index contributed by atoms with van der Waals surface area (Å²) in [5, 5.41) is 9.15. The molecule has 5 heteroatoms. The number of hydrogen-bond donors (Lipinski definition) is 2. The van der Waals surface area contributed by atoms with E-state index in [0.717, 1.165) is 48.5 Å². The molecule has 0 aliphatic heterocycles. The maximum atomic E-state index is 11.2. The number of carboxylic acids is 1. The van der Waals surface area contributed by atoms with E-state index in [1.54, 1.807) is 18.2 Å². The van der Waals surface area contributed by atoms with Crippen LogP contribution >= 0.6 is 0 Å². The van der Waals surface area contributed by atoms with Gasteiger partial charge in [0.05, 0.1) is 23.2 Å². The topological polar surface area (TPSA) is 75.2 Å². The van der Waals surface area contributed by atoms with Crippen LogP contribution in [0.4, 0.5) is 0 Å². The zero-order valence-electron chi connectivity index (χ0n) is 24.2. The van der Waals surface area contributed by atoms with Crippen molar-refractivity contribution in [3.8, 4) is 5.75 Å². The quantitative estimate of drug-likeness (QED) is 0.126. The van der Waals surface area contributed by atoms with Gasteiger partial charge in [-0.2, -0.15) is 0 Å². The summed E-state index contributed by atoms with van der Waals surface area (Å²) in [4.78, 5) is 19.0. The Balaban J connectivity index is 1.16. The van der Waals surface area contributed by atoms with Crippen molar-refractivity contribution in [3.63, 3.8) is 0 Å². The van der Waals surface area contributed by atoms with E-state index in [1.165, 1.54) is 102 Å². The summed E-state index contributed by atoms with van der Waals surface area (Å²) in [5.41, 5.74) is 3.07. The fraction of sp³-hybridized carbons (Fsp3) is 0.588. The summed E-state index contributed by atoms with van der Waals surface area (Å²) in [6, 6.07) is 13.3. The number of H-pyrrole nitrogens is 1. The van der Waals surface area contributed by atoms with Crippen molar-refractivity contribution in [2.45, 2.75) is 122 Å². The lowest BCUT2D eigenvalue weighted by atomic mass is 10.0. The largest absolute Gasteiger partial charge is 0.494 e. The van der Waals surface area contributed by atoms with Crippen LogP contribution in [0.3, 0.4) is 0 Å². The first-order chi connectivity index (χ1) is 19.2. The monoisotopic (exact) mass is 534 g/mol. The third-order valence-corrected chi connectivity index (χ3v) is 7.62. The molecule has 3 aromatic rings. The number of imidazole rings is 1. The van der Waals surface area contributed by atoms with Crippen LogP contribution in [0.1, 0.15) is 131 Å². The number of aryl methyl sites for hydroxylation is 2. The Morgan fingerprint density at radius 2 is 1.31 bits per heavy atom. The van der Waals surface area contributed by atoms with Gasteiger partial charge in [0.1, 0.15) is 11.6 Å². The predicted molar refractivity (Wildman–Crippen MR) is 162 cm³/mol. The second-order valence-electron chi connectivity index (χ2n) is 11.0. The van der Waals surface area contributed by atoms with Gasteiger partial charge in [0.15, 0.2) is 0 Å². The first-order valence-electron chi connectivity index (χ1n) is 15.6. The van der Waals surface area contributed by atoms with E-state index in [-0.39, 0.29) is 5.56 Å². The summed E-state index contributed by atoms with van der Waals surface area (Å²) in [6.45, 7) is 3.07. The zero-order chi connectivity index (χ0) is 27.5. The van der Waals surface area contributed by atoms with Crippen LogP contribution in [0, 0.1) is 0 Å². The van der Waals surface area contributed by atoms with Crippen LogP contribution in [0.15, 0.2) is 42.5 Å². The average Bonchev–Trinajstić information content (AvgIpc) is 3.36. The highest BCUT2D eigenvalue weighted by Crippen LogP contribution is 2.18. The number of rotatable bonds is 22. The molecule has 39 heavy (non-hydrogen) atoms. The van der Waals surface area contributed by atoms with Crippen LogP contribution in [0.25, 0.3) is 11.0 Å². The number of nitrogens with zero attached hydrogens (tertiary/aromatic N) is 1. The second kappa shape index (κ2) is 18.5. The Morgan fingerprint density at radius 3 is 1.87 bits per heavy atom. The molecule has 0 bridgehead atoms. The fourth-order valence-electron chi connectivity index (χ4n) is 5.17. The molecule has 0 unspecified atom stereocenters. The number of aromatic nitrogens is 2. The number of fused-ring (bicyclic) bond motifs is 1. The molecule has 0 saturated heterocycles. The molecule has 3 rings (SSSR count). The number of aromatic carboxylic acids is 1. The van der Waals surface area contributed by atoms with E-state index in [0.29, 0.717) is 0 Å². The van der Waals surface area contributed by atoms with Gasteiger partial charge in [-0.15, -0.1) is 0 Å². The predicted octanol–water partition coefficient (Wildman–Crippen LogP) is 9.69. The SMILES string of the molecule is CCCCCCCCCCCCCCCCCCOc1ccc(CCc2nc3ccc(C(=O)O)cc3[nH]2)cc1. The van der Waals surface area contributed by atoms with E-state index in [9.17, 15) is 4.79 Å². The minimum absolute atomic E-state index is 0.271. The minimum Gasteiger partial charge on any atom is -0.494 e. The van der Waals surface area contributed by atoms with Crippen molar-refractivity contribution in [3.05, 3.63) is 59.4 Å². The molecule has 2 N–H and O–H groups in total. The highest BCUT2D eigenvalue weighted by Gasteiger charge is 2.08. The Labute approximate surface area is 235 Å². The molecule has 0 spiro atoms. The molecule has 0 aliphatic rings. The third kappa shape index (κ3) is 12.3. The third-order valence-electron chi connectivity index (χ3n) is 7.62. The van der Waals surface area contributed by atoms with Crippen LogP contribution in [-0.2, 0) is 12.8 Å². The van der Waals surface area contributed by atoms with E-state index in [1.807, 2.05) is 0 Å².